The van der Waals surface area contributed by atoms with Gasteiger partial charge >= 0.3 is 0 Å². The summed E-state index contributed by atoms with van der Waals surface area (Å²) in [5.41, 5.74) is 1.24. The van der Waals surface area contributed by atoms with Gasteiger partial charge in [-0.2, -0.15) is 0 Å². The van der Waals surface area contributed by atoms with E-state index in [2.05, 4.69) is 5.43 Å². The van der Waals surface area contributed by atoms with Crippen molar-refractivity contribution in [3.63, 3.8) is 0 Å². The second-order valence-corrected chi connectivity index (χ2v) is 1.40. The number of rotatable bonds is 1. The molecule has 1 aromatic carbocycles. The van der Waals surface area contributed by atoms with Gasteiger partial charge in [0.25, 0.3) is 0 Å². The molecule has 0 aliphatic heterocycles. The standard InChI is InChI=1S/C4H4N2O2/c5-6-2-1-3(7)4(2)8/h1,6H,5H2. The first kappa shape index (κ1) is 4.99. The molecule has 4 heteroatoms. The smallest absolute Gasteiger partial charge is 0.250 e. The number of hydrogen-bond acceptors (Lipinski definition) is 4. The summed E-state index contributed by atoms with van der Waals surface area (Å²) in [6, 6.07) is 1.16. The molecular weight excluding hydrogens is 108 g/mol. The zero-order chi connectivity index (χ0) is 6.15. The van der Waals surface area contributed by atoms with Crippen LogP contribution in [0, 0.1) is 0 Å². The van der Waals surface area contributed by atoms with Crippen molar-refractivity contribution in [1.29, 1.82) is 0 Å². The summed E-state index contributed by atoms with van der Waals surface area (Å²) >= 11 is 0. The maximum Gasteiger partial charge on any atom is 0.250 e. The highest BCUT2D eigenvalue weighted by Crippen LogP contribution is 1.88. The van der Waals surface area contributed by atoms with Gasteiger partial charge in [-0.05, 0) is 0 Å². The number of hydrogen-bond donors (Lipinski definition) is 2. The fraction of sp³-hybridized carbons (Fsp3) is 0. The molecule has 0 radical (unpaired) electrons. The molecule has 0 aliphatic rings. The number of hydrazine groups is 1. The molecule has 0 heterocycles. The molecule has 8 heavy (non-hydrogen) atoms. The molecule has 0 atom stereocenters. The number of anilines is 1. The van der Waals surface area contributed by atoms with Crippen molar-refractivity contribution < 1.29 is 0 Å². The Morgan fingerprint density at radius 1 is 1.50 bits per heavy atom. The maximum atomic E-state index is 10.2. The Labute approximate surface area is 44.6 Å². The monoisotopic (exact) mass is 112 g/mol. The molecule has 0 bridgehead atoms. The molecule has 0 amide bonds. The number of nitrogen functional groups attached to an aromatic ring is 1. The van der Waals surface area contributed by atoms with Crippen molar-refractivity contribution in [3.8, 4) is 0 Å². The first-order chi connectivity index (χ1) is 3.75. The van der Waals surface area contributed by atoms with E-state index in [-0.39, 0.29) is 5.69 Å². The minimum Gasteiger partial charge on any atom is -0.320 e. The normalized spacial score (nSPS) is 9.62. The molecule has 1 aromatic rings. The number of nitrogens with two attached hydrogens (primary N) is 1. The average Bonchev–Trinajstić information content (AvgIpc) is 1.81. The van der Waals surface area contributed by atoms with E-state index < -0.39 is 10.9 Å². The van der Waals surface area contributed by atoms with Crippen LogP contribution in [0.15, 0.2) is 15.7 Å². The molecule has 0 spiro atoms. The molecule has 0 aliphatic carbocycles. The Morgan fingerprint density at radius 3 is 2.25 bits per heavy atom. The Balaban J connectivity index is 3.11. The van der Waals surface area contributed by atoms with Gasteiger partial charge in [-0.15, -0.1) is 0 Å². The van der Waals surface area contributed by atoms with Gasteiger partial charge in [0.05, 0.1) is 0 Å². The lowest BCUT2D eigenvalue weighted by Gasteiger charge is -1.95. The molecule has 42 valence electrons. The van der Waals surface area contributed by atoms with Gasteiger partial charge in [0.15, 0.2) is 0 Å². The highest BCUT2D eigenvalue weighted by atomic mass is 16.2. The largest absolute Gasteiger partial charge is 0.320 e. The molecule has 0 aromatic heterocycles. The summed E-state index contributed by atoms with van der Waals surface area (Å²) in [5.74, 6) is 4.80. The SMILES string of the molecule is NNc1cc(=O)c1=O. The van der Waals surface area contributed by atoms with Crippen LogP contribution < -0.4 is 22.1 Å². The van der Waals surface area contributed by atoms with Crippen LogP contribution in [0.4, 0.5) is 5.69 Å². The average molecular weight is 112 g/mol. The van der Waals surface area contributed by atoms with Gasteiger partial charge in [-0.3, -0.25) is 15.4 Å². The van der Waals surface area contributed by atoms with Gasteiger partial charge in [0.2, 0.25) is 10.9 Å². The predicted molar refractivity (Wildman–Crippen MR) is 29.2 cm³/mol. The summed E-state index contributed by atoms with van der Waals surface area (Å²) < 4.78 is 0. The van der Waals surface area contributed by atoms with Crippen LogP contribution in [0.5, 0.6) is 0 Å². The van der Waals surface area contributed by atoms with Crippen LogP contribution in [0.25, 0.3) is 0 Å². The Kier molecular flexibility index (Phi) is 0.881. The van der Waals surface area contributed by atoms with Crippen molar-refractivity contribution >= 4 is 5.69 Å². The first-order valence-electron chi connectivity index (χ1n) is 2.02. The fourth-order valence-electron chi connectivity index (χ4n) is 0.424. The van der Waals surface area contributed by atoms with Crippen molar-refractivity contribution in [2.45, 2.75) is 0 Å². The predicted octanol–water partition coefficient (Wildman–Crippen LogP) is -1.43. The molecule has 0 fully saturated rings. The lowest BCUT2D eigenvalue weighted by Crippen LogP contribution is -2.34. The maximum absolute atomic E-state index is 10.2. The van der Waals surface area contributed by atoms with Crippen LogP contribution in [-0.4, -0.2) is 0 Å². The lowest BCUT2D eigenvalue weighted by atomic mass is 10.3. The van der Waals surface area contributed by atoms with E-state index in [1.807, 2.05) is 0 Å². The van der Waals surface area contributed by atoms with Crippen LogP contribution in [0.2, 0.25) is 0 Å². The summed E-state index contributed by atoms with van der Waals surface area (Å²) in [4.78, 5) is 20.3. The summed E-state index contributed by atoms with van der Waals surface area (Å²) in [6.07, 6.45) is 0. The minimum absolute atomic E-state index is 0.190. The first-order valence-corrected chi connectivity index (χ1v) is 2.02. The lowest BCUT2D eigenvalue weighted by molar-refractivity contribution is 1.28. The van der Waals surface area contributed by atoms with Crippen LogP contribution in [0.1, 0.15) is 0 Å². The van der Waals surface area contributed by atoms with E-state index in [9.17, 15) is 9.59 Å². The van der Waals surface area contributed by atoms with Gasteiger partial charge in [0.1, 0.15) is 5.69 Å². The van der Waals surface area contributed by atoms with Crippen LogP contribution in [0.3, 0.4) is 0 Å². The quantitative estimate of drug-likeness (QED) is 0.265. The Morgan fingerprint density at radius 2 is 2.12 bits per heavy atom. The molecule has 0 unspecified atom stereocenters. The third-order valence-electron chi connectivity index (χ3n) is 0.899. The summed E-state index contributed by atoms with van der Waals surface area (Å²) in [5, 5.41) is 0. The van der Waals surface area contributed by atoms with Gasteiger partial charge in [-0.25, -0.2) is 0 Å². The number of nitrogens with one attached hydrogen (secondary N) is 1. The van der Waals surface area contributed by atoms with Crippen molar-refractivity contribution in [2.24, 2.45) is 5.84 Å². The molecule has 3 N–H and O–H groups in total. The Hall–Kier alpha value is -1.16. The van der Waals surface area contributed by atoms with E-state index in [0.29, 0.717) is 0 Å². The minimum atomic E-state index is -0.535. The highest BCUT2D eigenvalue weighted by Gasteiger charge is 2.05. The third kappa shape index (κ3) is 0.433. The summed E-state index contributed by atoms with van der Waals surface area (Å²) in [7, 11) is 0. The van der Waals surface area contributed by atoms with Crippen molar-refractivity contribution in [2.75, 3.05) is 5.43 Å². The molecule has 4 nitrogen and oxygen atoms in total. The second kappa shape index (κ2) is 1.41. The van der Waals surface area contributed by atoms with E-state index in [1.165, 1.54) is 0 Å². The van der Waals surface area contributed by atoms with E-state index in [4.69, 9.17) is 5.84 Å². The zero-order valence-electron chi connectivity index (χ0n) is 3.97. The van der Waals surface area contributed by atoms with E-state index in [1.54, 1.807) is 0 Å². The van der Waals surface area contributed by atoms with Gasteiger partial charge in [0, 0.05) is 6.07 Å². The molecule has 0 saturated carbocycles. The van der Waals surface area contributed by atoms with Crippen LogP contribution >= 0.6 is 0 Å². The van der Waals surface area contributed by atoms with Crippen LogP contribution in [-0.2, 0) is 0 Å². The fourth-order valence-corrected chi connectivity index (χ4v) is 0.424. The van der Waals surface area contributed by atoms with E-state index >= 15 is 0 Å². The van der Waals surface area contributed by atoms with Crippen molar-refractivity contribution in [1.82, 2.24) is 0 Å². The molecule has 1 rings (SSSR count). The highest BCUT2D eigenvalue weighted by molar-refractivity contribution is 5.45. The topological polar surface area (TPSA) is 72.2 Å². The molecule has 0 saturated heterocycles. The third-order valence-corrected chi connectivity index (χ3v) is 0.899. The van der Waals surface area contributed by atoms with Gasteiger partial charge < -0.3 is 5.43 Å². The van der Waals surface area contributed by atoms with Gasteiger partial charge in [-0.1, -0.05) is 0 Å². The Bertz CT molecular complexity index is 258. The second-order valence-electron chi connectivity index (χ2n) is 1.40. The molecular formula is C4H4N2O2. The van der Waals surface area contributed by atoms with E-state index in [0.717, 1.165) is 6.07 Å². The zero-order valence-corrected chi connectivity index (χ0v) is 3.97. The summed E-state index contributed by atoms with van der Waals surface area (Å²) in [6.45, 7) is 0. The van der Waals surface area contributed by atoms with Crippen molar-refractivity contribution in [3.05, 3.63) is 26.5 Å².